The van der Waals surface area contributed by atoms with E-state index in [1.54, 1.807) is 4.90 Å². The molecule has 2 aromatic rings. The second kappa shape index (κ2) is 6.83. The van der Waals surface area contributed by atoms with Crippen molar-refractivity contribution in [3.63, 3.8) is 0 Å². The van der Waals surface area contributed by atoms with E-state index < -0.39 is 31.2 Å². The Morgan fingerprint density at radius 1 is 1.08 bits per heavy atom. The zero-order valence-corrected chi connectivity index (χ0v) is 14.4. The lowest BCUT2D eigenvalue weighted by atomic mass is 10.2. The lowest BCUT2D eigenvalue weighted by molar-refractivity contribution is -0.387. The van der Waals surface area contributed by atoms with Crippen molar-refractivity contribution in [3.05, 3.63) is 64.0 Å². The van der Waals surface area contributed by atoms with E-state index in [1.165, 1.54) is 6.07 Å². The zero-order valence-electron chi connectivity index (χ0n) is 13.6. The Labute approximate surface area is 149 Å². The molecule has 0 radical (unpaired) electrons. The van der Waals surface area contributed by atoms with E-state index in [2.05, 4.69) is 0 Å². The molecular formula is C17H15FN2O5S. The van der Waals surface area contributed by atoms with Gasteiger partial charge < -0.3 is 4.90 Å². The van der Waals surface area contributed by atoms with Gasteiger partial charge in [-0.05, 0) is 49.2 Å². The fourth-order valence-electron chi connectivity index (χ4n) is 2.86. The first-order valence-electron chi connectivity index (χ1n) is 7.89. The van der Waals surface area contributed by atoms with E-state index in [1.807, 2.05) is 0 Å². The van der Waals surface area contributed by atoms with Crippen molar-refractivity contribution in [2.45, 2.75) is 22.6 Å². The Balaban J connectivity index is 2.06. The minimum Gasteiger partial charge on any atom is -0.339 e. The number of likely N-dealkylation sites (tertiary alicyclic amines) is 1. The van der Waals surface area contributed by atoms with Gasteiger partial charge in [-0.1, -0.05) is 0 Å². The predicted molar refractivity (Wildman–Crippen MR) is 90.1 cm³/mol. The monoisotopic (exact) mass is 378 g/mol. The summed E-state index contributed by atoms with van der Waals surface area (Å²) in [6.45, 7) is 1.14. The van der Waals surface area contributed by atoms with Crippen LogP contribution in [-0.2, 0) is 9.84 Å². The minimum absolute atomic E-state index is 0.0663. The largest absolute Gasteiger partial charge is 0.339 e. The molecular weight excluding hydrogens is 363 g/mol. The zero-order chi connectivity index (χ0) is 18.9. The van der Waals surface area contributed by atoms with Gasteiger partial charge in [0.15, 0.2) is 0 Å². The van der Waals surface area contributed by atoms with Gasteiger partial charge in [-0.25, -0.2) is 12.8 Å². The summed E-state index contributed by atoms with van der Waals surface area (Å²) in [7, 11) is -4.23. The molecule has 7 nitrogen and oxygen atoms in total. The van der Waals surface area contributed by atoms with Crippen LogP contribution in [0.3, 0.4) is 0 Å². The molecule has 0 aliphatic carbocycles. The van der Waals surface area contributed by atoms with Gasteiger partial charge in [-0.15, -0.1) is 0 Å². The van der Waals surface area contributed by atoms with Gasteiger partial charge in [0.05, 0.1) is 9.82 Å². The number of nitrogens with zero attached hydrogens (tertiary/aromatic N) is 2. The molecule has 1 fully saturated rings. The average molecular weight is 378 g/mol. The van der Waals surface area contributed by atoms with E-state index in [-0.39, 0.29) is 16.4 Å². The maximum atomic E-state index is 13.0. The van der Waals surface area contributed by atoms with Crippen LogP contribution in [-0.4, -0.2) is 37.2 Å². The van der Waals surface area contributed by atoms with Crippen LogP contribution in [0, 0.1) is 15.9 Å². The molecule has 1 aliphatic rings. The molecule has 9 heteroatoms. The summed E-state index contributed by atoms with van der Waals surface area (Å²) in [6, 6.07) is 7.31. The summed E-state index contributed by atoms with van der Waals surface area (Å²) in [5.74, 6) is -0.985. The van der Waals surface area contributed by atoms with Crippen molar-refractivity contribution in [2.75, 3.05) is 13.1 Å². The van der Waals surface area contributed by atoms with E-state index in [4.69, 9.17) is 0 Å². The van der Waals surface area contributed by atoms with Crippen molar-refractivity contribution in [2.24, 2.45) is 0 Å². The van der Waals surface area contributed by atoms with Gasteiger partial charge in [0.1, 0.15) is 10.7 Å². The highest BCUT2D eigenvalue weighted by molar-refractivity contribution is 7.91. The lowest BCUT2D eigenvalue weighted by Crippen LogP contribution is -2.27. The molecule has 1 amide bonds. The van der Waals surface area contributed by atoms with Crippen LogP contribution in [0.1, 0.15) is 23.2 Å². The molecule has 0 N–H and O–H groups in total. The van der Waals surface area contributed by atoms with Crippen molar-refractivity contribution >= 4 is 21.4 Å². The highest BCUT2D eigenvalue weighted by atomic mass is 32.2. The third-order valence-corrected chi connectivity index (χ3v) is 6.03. The SMILES string of the molecule is O=C(c1ccc(S(=O)(=O)c2ccc(F)cc2)c([N+](=O)[O-])c1)N1CCCC1. The lowest BCUT2D eigenvalue weighted by Gasteiger charge is -2.15. The van der Waals surface area contributed by atoms with Gasteiger partial charge in [-0.3, -0.25) is 14.9 Å². The van der Waals surface area contributed by atoms with Crippen molar-refractivity contribution < 1.29 is 22.5 Å². The number of hydrogen-bond acceptors (Lipinski definition) is 5. The number of sulfone groups is 1. The van der Waals surface area contributed by atoms with E-state index in [0.29, 0.717) is 13.1 Å². The van der Waals surface area contributed by atoms with Crippen molar-refractivity contribution in [3.8, 4) is 0 Å². The third kappa shape index (κ3) is 3.30. The molecule has 0 bridgehead atoms. The van der Waals surface area contributed by atoms with Crippen LogP contribution in [0.5, 0.6) is 0 Å². The van der Waals surface area contributed by atoms with Gasteiger partial charge >= 0.3 is 0 Å². The van der Waals surface area contributed by atoms with Crippen LogP contribution in [0.25, 0.3) is 0 Å². The predicted octanol–water partition coefficient (Wildman–Crippen LogP) is 2.80. The molecule has 0 aromatic heterocycles. The Hall–Kier alpha value is -2.81. The normalized spacial score (nSPS) is 14.4. The second-order valence-corrected chi connectivity index (χ2v) is 7.81. The number of benzene rings is 2. The molecule has 0 spiro atoms. The number of carbonyl (C=O) groups is 1. The average Bonchev–Trinajstić information content (AvgIpc) is 3.15. The summed E-state index contributed by atoms with van der Waals surface area (Å²) in [5, 5.41) is 11.4. The highest BCUT2D eigenvalue weighted by Gasteiger charge is 2.30. The molecule has 136 valence electrons. The van der Waals surface area contributed by atoms with E-state index in [9.17, 15) is 27.7 Å². The third-order valence-electron chi connectivity index (χ3n) is 4.21. The van der Waals surface area contributed by atoms with Gasteiger partial charge in [-0.2, -0.15) is 0 Å². The van der Waals surface area contributed by atoms with Crippen LogP contribution in [0.2, 0.25) is 0 Å². The standard InChI is InChI=1S/C17H15FN2O5S/c18-13-4-6-14(7-5-13)26(24,25)16-8-3-12(11-15(16)20(22)23)17(21)19-9-1-2-10-19/h3-8,11H,1-2,9-10H2. The number of rotatable bonds is 4. The first kappa shape index (κ1) is 18.0. The van der Waals surface area contributed by atoms with Crippen LogP contribution >= 0.6 is 0 Å². The van der Waals surface area contributed by atoms with Gasteiger partial charge in [0, 0.05) is 24.7 Å². The summed E-state index contributed by atoms with van der Waals surface area (Å²) < 4.78 is 38.4. The number of hydrogen-bond donors (Lipinski definition) is 0. The van der Waals surface area contributed by atoms with Crippen LogP contribution < -0.4 is 0 Å². The number of amides is 1. The number of nitro groups is 1. The molecule has 1 aliphatic heterocycles. The van der Waals surface area contributed by atoms with E-state index >= 15 is 0 Å². The fraction of sp³-hybridized carbons (Fsp3) is 0.235. The summed E-state index contributed by atoms with van der Waals surface area (Å²) in [5.41, 5.74) is -0.615. The van der Waals surface area contributed by atoms with E-state index in [0.717, 1.165) is 49.2 Å². The van der Waals surface area contributed by atoms with Gasteiger partial charge in [0.25, 0.3) is 11.6 Å². The van der Waals surface area contributed by atoms with Crippen molar-refractivity contribution in [1.82, 2.24) is 4.90 Å². The molecule has 0 atom stereocenters. The Kier molecular flexibility index (Phi) is 4.73. The Morgan fingerprint density at radius 3 is 2.27 bits per heavy atom. The molecule has 1 heterocycles. The Morgan fingerprint density at radius 2 is 1.69 bits per heavy atom. The quantitative estimate of drug-likeness (QED) is 0.463. The van der Waals surface area contributed by atoms with Crippen LogP contribution in [0.15, 0.2) is 52.3 Å². The fourth-order valence-corrected chi connectivity index (χ4v) is 4.27. The molecule has 2 aromatic carbocycles. The minimum atomic E-state index is -4.23. The second-order valence-electron chi connectivity index (χ2n) is 5.90. The topological polar surface area (TPSA) is 97.6 Å². The maximum absolute atomic E-state index is 13.0. The number of halogens is 1. The van der Waals surface area contributed by atoms with Crippen molar-refractivity contribution in [1.29, 1.82) is 0 Å². The smallest absolute Gasteiger partial charge is 0.289 e. The Bertz CT molecular complexity index is 967. The van der Waals surface area contributed by atoms with Gasteiger partial charge in [0.2, 0.25) is 9.84 Å². The molecule has 26 heavy (non-hydrogen) atoms. The number of nitro benzene ring substituents is 1. The summed E-state index contributed by atoms with van der Waals surface area (Å²) in [6.07, 6.45) is 1.73. The molecule has 0 unspecified atom stereocenters. The summed E-state index contributed by atoms with van der Waals surface area (Å²) >= 11 is 0. The first-order valence-corrected chi connectivity index (χ1v) is 9.37. The number of carbonyl (C=O) groups excluding carboxylic acids is 1. The maximum Gasteiger partial charge on any atom is 0.289 e. The first-order chi connectivity index (χ1) is 12.3. The summed E-state index contributed by atoms with van der Waals surface area (Å²) in [4.78, 5) is 23.8. The molecule has 0 saturated carbocycles. The molecule has 3 rings (SSSR count). The molecule has 1 saturated heterocycles. The van der Waals surface area contributed by atoms with Crippen LogP contribution in [0.4, 0.5) is 10.1 Å². The highest BCUT2D eigenvalue weighted by Crippen LogP contribution is 2.31.